The minimum Gasteiger partial charge on any atom is -0.376 e. The van der Waals surface area contributed by atoms with E-state index in [1.165, 1.54) is 25.0 Å². The van der Waals surface area contributed by atoms with Crippen molar-refractivity contribution in [1.82, 2.24) is 4.90 Å². The van der Waals surface area contributed by atoms with Crippen molar-refractivity contribution >= 4 is 7.85 Å². The monoisotopic (exact) mass is 207 g/mol. The van der Waals surface area contributed by atoms with Gasteiger partial charge in [-0.25, -0.2) is 0 Å². The third kappa shape index (κ3) is 6.65. The molecule has 0 fully saturated rings. The van der Waals surface area contributed by atoms with Crippen LogP contribution in [0.3, 0.4) is 0 Å². The van der Waals surface area contributed by atoms with Gasteiger partial charge in [-0.1, -0.05) is 45.0 Å². The van der Waals surface area contributed by atoms with Gasteiger partial charge in [0, 0.05) is 18.8 Å². The van der Waals surface area contributed by atoms with Gasteiger partial charge in [0.15, 0.2) is 0 Å². The van der Waals surface area contributed by atoms with Crippen LogP contribution >= 0.6 is 0 Å². The van der Waals surface area contributed by atoms with Crippen LogP contribution in [0, 0.1) is 0 Å². The molecule has 0 saturated carbocycles. The molecule has 0 aliphatic carbocycles. The number of hydrogen-bond acceptors (Lipinski definition) is 1. The molecule has 0 aromatic carbocycles. The van der Waals surface area contributed by atoms with Crippen LogP contribution in [0.4, 0.5) is 0 Å². The molecule has 0 N–H and O–H groups in total. The number of allylic oxidation sites excluding steroid dienone is 2. The second kappa shape index (κ2) is 8.88. The van der Waals surface area contributed by atoms with E-state index >= 15 is 0 Å². The minimum absolute atomic E-state index is 0.232. The standard InChI is InChI=1S/C13H26BN/c1-5-8-9-13(14)11-12(4)15(7-3)10-6-2/h11,13H,5-10H2,1-4H3/b12-11+. The summed E-state index contributed by atoms with van der Waals surface area (Å²) in [5.74, 6) is 0.232. The lowest BCUT2D eigenvalue weighted by Crippen LogP contribution is -2.22. The summed E-state index contributed by atoms with van der Waals surface area (Å²) in [6.07, 6.45) is 6.98. The van der Waals surface area contributed by atoms with Crippen LogP contribution in [0.15, 0.2) is 11.8 Å². The fraction of sp³-hybridized carbons (Fsp3) is 0.846. The molecule has 0 aromatic rings. The van der Waals surface area contributed by atoms with Gasteiger partial charge >= 0.3 is 0 Å². The predicted octanol–water partition coefficient (Wildman–Crippen LogP) is 3.77. The van der Waals surface area contributed by atoms with E-state index in [0.29, 0.717) is 0 Å². The summed E-state index contributed by atoms with van der Waals surface area (Å²) >= 11 is 0. The fourth-order valence-corrected chi connectivity index (χ4v) is 1.79. The summed E-state index contributed by atoms with van der Waals surface area (Å²) < 4.78 is 0. The van der Waals surface area contributed by atoms with Gasteiger partial charge < -0.3 is 4.90 Å². The Kier molecular flexibility index (Phi) is 8.64. The van der Waals surface area contributed by atoms with Crippen molar-refractivity contribution in [2.75, 3.05) is 13.1 Å². The summed E-state index contributed by atoms with van der Waals surface area (Å²) in [5, 5.41) is 0. The quantitative estimate of drug-likeness (QED) is 0.547. The van der Waals surface area contributed by atoms with Crippen molar-refractivity contribution in [2.24, 2.45) is 0 Å². The predicted molar refractivity (Wildman–Crippen MR) is 70.3 cm³/mol. The van der Waals surface area contributed by atoms with Crippen molar-refractivity contribution in [1.29, 1.82) is 0 Å². The van der Waals surface area contributed by atoms with Gasteiger partial charge in [0.05, 0.1) is 7.85 Å². The third-order valence-electron chi connectivity index (χ3n) is 2.72. The highest BCUT2D eigenvalue weighted by Crippen LogP contribution is 2.16. The van der Waals surface area contributed by atoms with Gasteiger partial charge in [-0.2, -0.15) is 0 Å². The van der Waals surface area contributed by atoms with Crippen LogP contribution in [0.1, 0.15) is 53.4 Å². The molecule has 2 radical (unpaired) electrons. The van der Waals surface area contributed by atoms with Crippen molar-refractivity contribution in [3.8, 4) is 0 Å². The molecule has 0 spiro atoms. The highest BCUT2D eigenvalue weighted by Gasteiger charge is 2.03. The number of hydrogen-bond donors (Lipinski definition) is 0. The Labute approximate surface area is 97.3 Å². The van der Waals surface area contributed by atoms with Crippen LogP contribution in [0.25, 0.3) is 0 Å². The largest absolute Gasteiger partial charge is 0.376 e. The molecule has 0 amide bonds. The summed E-state index contributed by atoms with van der Waals surface area (Å²) in [6, 6.07) is 0. The van der Waals surface area contributed by atoms with Crippen molar-refractivity contribution in [3.05, 3.63) is 11.8 Å². The zero-order chi connectivity index (χ0) is 11.7. The lowest BCUT2D eigenvalue weighted by Gasteiger charge is -2.24. The van der Waals surface area contributed by atoms with Crippen LogP contribution < -0.4 is 0 Å². The van der Waals surface area contributed by atoms with Crippen molar-refractivity contribution < 1.29 is 0 Å². The lowest BCUT2D eigenvalue weighted by molar-refractivity contribution is 0.361. The highest BCUT2D eigenvalue weighted by atomic mass is 15.1. The van der Waals surface area contributed by atoms with E-state index in [9.17, 15) is 0 Å². The number of rotatable bonds is 8. The topological polar surface area (TPSA) is 3.24 Å². The van der Waals surface area contributed by atoms with E-state index in [2.05, 4.69) is 38.7 Å². The van der Waals surface area contributed by atoms with Crippen molar-refractivity contribution in [3.63, 3.8) is 0 Å². The molecule has 0 aliphatic heterocycles. The van der Waals surface area contributed by atoms with E-state index in [1.807, 2.05) is 0 Å². The molecule has 15 heavy (non-hydrogen) atoms. The molecule has 86 valence electrons. The summed E-state index contributed by atoms with van der Waals surface area (Å²) in [6.45, 7) is 11.0. The van der Waals surface area contributed by atoms with Crippen LogP contribution in [0.2, 0.25) is 5.82 Å². The molecule has 1 unspecified atom stereocenters. The van der Waals surface area contributed by atoms with Gasteiger partial charge in [0.1, 0.15) is 0 Å². The maximum absolute atomic E-state index is 6.05. The molecular weight excluding hydrogens is 181 g/mol. The smallest absolute Gasteiger partial charge is 0.0756 e. The van der Waals surface area contributed by atoms with E-state index in [0.717, 1.165) is 19.5 Å². The van der Waals surface area contributed by atoms with Crippen molar-refractivity contribution in [2.45, 2.75) is 59.2 Å². The summed E-state index contributed by atoms with van der Waals surface area (Å²) in [5.41, 5.74) is 1.34. The van der Waals surface area contributed by atoms with Crippen LogP contribution in [-0.2, 0) is 0 Å². The number of unbranched alkanes of at least 4 members (excludes halogenated alkanes) is 1. The average Bonchev–Trinajstić information content (AvgIpc) is 2.22. The van der Waals surface area contributed by atoms with E-state index < -0.39 is 0 Å². The molecule has 1 nitrogen and oxygen atoms in total. The first-order valence-electron chi connectivity index (χ1n) is 6.34. The molecular formula is C13H26BN. The second-order valence-corrected chi connectivity index (χ2v) is 4.19. The molecule has 2 heteroatoms. The Morgan fingerprint density at radius 2 is 1.93 bits per heavy atom. The molecule has 0 aromatic heterocycles. The summed E-state index contributed by atoms with van der Waals surface area (Å²) in [4.78, 5) is 2.39. The third-order valence-corrected chi connectivity index (χ3v) is 2.72. The van der Waals surface area contributed by atoms with E-state index in [4.69, 9.17) is 7.85 Å². The first kappa shape index (κ1) is 14.6. The van der Waals surface area contributed by atoms with E-state index in [1.54, 1.807) is 0 Å². The second-order valence-electron chi connectivity index (χ2n) is 4.19. The minimum atomic E-state index is 0.232. The van der Waals surface area contributed by atoms with Gasteiger partial charge in [-0.3, -0.25) is 0 Å². The van der Waals surface area contributed by atoms with Crippen LogP contribution in [-0.4, -0.2) is 25.8 Å². The number of nitrogens with zero attached hydrogens (tertiary/aromatic N) is 1. The first-order chi connectivity index (χ1) is 7.15. The normalized spacial score (nSPS) is 14.0. The lowest BCUT2D eigenvalue weighted by atomic mass is 9.82. The Morgan fingerprint density at radius 3 is 2.40 bits per heavy atom. The Balaban J connectivity index is 4.12. The Morgan fingerprint density at radius 1 is 1.27 bits per heavy atom. The maximum atomic E-state index is 6.05. The molecule has 1 atom stereocenters. The molecule has 0 bridgehead atoms. The zero-order valence-electron chi connectivity index (χ0n) is 10.9. The first-order valence-corrected chi connectivity index (χ1v) is 6.34. The van der Waals surface area contributed by atoms with Gasteiger partial charge in [-0.15, -0.1) is 0 Å². The SMILES string of the molecule is [B]C(/C=C(\C)N(CC)CCC)CCCC. The van der Waals surface area contributed by atoms with E-state index in [-0.39, 0.29) is 5.82 Å². The van der Waals surface area contributed by atoms with Crippen LogP contribution in [0.5, 0.6) is 0 Å². The maximum Gasteiger partial charge on any atom is 0.0756 e. The molecule has 0 rings (SSSR count). The summed E-state index contributed by atoms with van der Waals surface area (Å²) in [7, 11) is 6.05. The van der Waals surface area contributed by atoms with Gasteiger partial charge in [-0.05, 0) is 20.3 Å². The molecule has 0 heterocycles. The molecule has 0 aliphatic rings. The Bertz CT molecular complexity index is 177. The Hall–Kier alpha value is -0.395. The fourth-order valence-electron chi connectivity index (χ4n) is 1.79. The van der Waals surface area contributed by atoms with Gasteiger partial charge in [0.25, 0.3) is 0 Å². The highest BCUT2D eigenvalue weighted by molar-refractivity contribution is 6.12. The molecule has 0 saturated heterocycles. The zero-order valence-corrected chi connectivity index (χ0v) is 10.9. The average molecular weight is 207 g/mol. The van der Waals surface area contributed by atoms with Gasteiger partial charge in [0.2, 0.25) is 0 Å².